The molecule has 0 spiro atoms. The Bertz CT molecular complexity index is 572. The lowest BCUT2D eigenvalue weighted by Crippen LogP contribution is -2.46. The molecule has 0 fully saturated rings. The average molecular weight is 626 g/mol. The molecule has 0 bridgehead atoms. The van der Waals surface area contributed by atoms with E-state index in [1.807, 2.05) is 0 Å². The Hall–Kier alpha value is -0.650. The lowest BCUT2D eigenvalue weighted by Gasteiger charge is -2.23. The van der Waals surface area contributed by atoms with Crippen LogP contribution >= 0.6 is 0 Å². The molecule has 0 aliphatic rings. The zero-order valence-electron chi connectivity index (χ0n) is 29.8. The van der Waals surface area contributed by atoms with E-state index >= 15 is 0 Å². The Morgan fingerprint density at radius 1 is 0.477 bits per heavy atom. The van der Waals surface area contributed by atoms with Crippen molar-refractivity contribution in [3.05, 3.63) is 0 Å². The molecule has 264 valence electrons. The summed E-state index contributed by atoms with van der Waals surface area (Å²) in [4.78, 5) is 12.4. The van der Waals surface area contributed by atoms with Gasteiger partial charge >= 0.3 is 0 Å². The van der Waals surface area contributed by atoms with Crippen LogP contribution in [0.4, 0.5) is 0 Å². The monoisotopic (exact) mass is 626 g/mol. The third kappa shape index (κ3) is 31.3. The Morgan fingerprint density at radius 3 is 1.09 bits per heavy atom. The largest absolute Gasteiger partial charge is 0.394 e. The molecule has 0 radical (unpaired) electrons. The van der Waals surface area contributed by atoms with Crippen LogP contribution in [0.1, 0.15) is 219 Å². The molecule has 0 heterocycles. The highest BCUT2D eigenvalue weighted by Gasteiger charge is 2.21. The van der Waals surface area contributed by atoms with Gasteiger partial charge in [0.05, 0.1) is 31.3 Å². The first-order valence-corrected chi connectivity index (χ1v) is 19.8. The van der Waals surface area contributed by atoms with Gasteiger partial charge in [0, 0.05) is 0 Å². The molecular formula is C39H79NO4. The quantitative estimate of drug-likeness (QED) is 0.0521. The van der Waals surface area contributed by atoms with Crippen molar-refractivity contribution in [2.75, 3.05) is 6.61 Å². The fourth-order valence-corrected chi connectivity index (χ4v) is 6.35. The maximum absolute atomic E-state index is 12.4. The highest BCUT2D eigenvalue weighted by atomic mass is 16.3. The maximum atomic E-state index is 12.4. The second-order valence-corrected chi connectivity index (χ2v) is 13.9. The third-order valence-corrected chi connectivity index (χ3v) is 9.42. The first-order valence-electron chi connectivity index (χ1n) is 19.8. The maximum Gasteiger partial charge on any atom is 0.222 e. The SMILES string of the molecule is CCCCCCCCCCCCCCCCCCCC(O)C(CO)NC(=O)CC(O)CCCCCCCCCCCCCC. The second-order valence-electron chi connectivity index (χ2n) is 13.9. The summed E-state index contributed by atoms with van der Waals surface area (Å²) in [5.74, 6) is -0.281. The van der Waals surface area contributed by atoms with Gasteiger partial charge in [0.15, 0.2) is 0 Å². The van der Waals surface area contributed by atoms with Gasteiger partial charge in [-0.15, -0.1) is 0 Å². The molecule has 3 atom stereocenters. The summed E-state index contributed by atoms with van der Waals surface area (Å²) in [6.45, 7) is 4.26. The van der Waals surface area contributed by atoms with Crippen molar-refractivity contribution >= 4 is 5.91 Å². The topological polar surface area (TPSA) is 89.8 Å². The lowest BCUT2D eigenvalue weighted by atomic mass is 10.0. The van der Waals surface area contributed by atoms with Crippen LogP contribution in [-0.4, -0.2) is 46.1 Å². The Morgan fingerprint density at radius 2 is 0.773 bits per heavy atom. The molecule has 0 saturated heterocycles. The van der Waals surface area contributed by atoms with Crippen LogP contribution in [0.15, 0.2) is 0 Å². The number of amides is 1. The van der Waals surface area contributed by atoms with Crippen molar-refractivity contribution in [2.45, 2.75) is 238 Å². The predicted molar refractivity (Wildman–Crippen MR) is 190 cm³/mol. The number of carbonyl (C=O) groups is 1. The first-order chi connectivity index (χ1) is 21.5. The summed E-state index contributed by atoms with van der Waals surface area (Å²) in [5, 5.41) is 33.3. The predicted octanol–water partition coefficient (Wildman–Crippen LogP) is 10.7. The Kier molecular flexibility index (Phi) is 34.7. The average Bonchev–Trinajstić information content (AvgIpc) is 3.01. The van der Waals surface area contributed by atoms with Crippen molar-refractivity contribution in [2.24, 2.45) is 0 Å². The van der Waals surface area contributed by atoms with Crippen LogP contribution in [0.25, 0.3) is 0 Å². The van der Waals surface area contributed by atoms with Gasteiger partial charge < -0.3 is 20.6 Å². The Balaban J connectivity index is 3.62. The highest BCUT2D eigenvalue weighted by Crippen LogP contribution is 2.16. The molecule has 5 nitrogen and oxygen atoms in total. The van der Waals surface area contributed by atoms with Crippen LogP contribution in [0.5, 0.6) is 0 Å². The van der Waals surface area contributed by atoms with E-state index in [0.717, 1.165) is 25.7 Å². The molecule has 0 rings (SSSR count). The fraction of sp³-hybridized carbons (Fsp3) is 0.974. The number of unbranched alkanes of at least 4 members (excludes halogenated alkanes) is 27. The number of aliphatic hydroxyl groups excluding tert-OH is 3. The molecule has 0 aliphatic carbocycles. The summed E-state index contributed by atoms with van der Waals surface area (Å²) >= 11 is 0. The number of carbonyl (C=O) groups excluding carboxylic acids is 1. The van der Waals surface area contributed by atoms with E-state index in [4.69, 9.17) is 0 Å². The van der Waals surface area contributed by atoms with E-state index < -0.39 is 18.2 Å². The summed E-state index contributed by atoms with van der Waals surface area (Å²) in [6, 6.07) is -0.651. The van der Waals surface area contributed by atoms with Gasteiger partial charge in [-0.1, -0.05) is 200 Å². The minimum Gasteiger partial charge on any atom is -0.394 e. The van der Waals surface area contributed by atoms with Gasteiger partial charge in [0.1, 0.15) is 0 Å². The van der Waals surface area contributed by atoms with Crippen LogP contribution < -0.4 is 5.32 Å². The molecule has 0 aromatic heterocycles. The van der Waals surface area contributed by atoms with Gasteiger partial charge in [-0.3, -0.25) is 4.79 Å². The van der Waals surface area contributed by atoms with E-state index in [9.17, 15) is 20.1 Å². The van der Waals surface area contributed by atoms with Crippen molar-refractivity contribution in [3.8, 4) is 0 Å². The molecule has 3 unspecified atom stereocenters. The molecule has 0 saturated carbocycles. The van der Waals surface area contributed by atoms with Gasteiger partial charge in [-0.2, -0.15) is 0 Å². The van der Waals surface area contributed by atoms with E-state index in [2.05, 4.69) is 19.2 Å². The zero-order chi connectivity index (χ0) is 32.4. The van der Waals surface area contributed by atoms with Crippen molar-refractivity contribution < 1.29 is 20.1 Å². The summed E-state index contributed by atoms with van der Waals surface area (Å²) in [6.07, 6.45) is 37.7. The van der Waals surface area contributed by atoms with Gasteiger partial charge in [-0.05, 0) is 12.8 Å². The van der Waals surface area contributed by atoms with Crippen molar-refractivity contribution in [3.63, 3.8) is 0 Å². The normalized spacial score (nSPS) is 13.7. The number of hydrogen-bond acceptors (Lipinski definition) is 4. The van der Waals surface area contributed by atoms with Crippen LogP contribution in [-0.2, 0) is 4.79 Å². The zero-order valence-corrected chi connectivity index (χ0v) is 29.8. The summed E-state index contributed by atoms with van der Waals surface area (Å²) < 4.78 is 0. The molecule has 44 heavy (non-hydrogen) atoms. The van der Waals surface area contributed by atoms with E-state index in [0.29, 0.717) is 12.8 Å². The van der Waals surface area contributed by atoms with Crippen LogP contribution in [0, 0.1) is 0 Å². The molecule has 0 aromatic rings. The van der Waals surface area contributed by atoms with E-state index in [1.165, 1.54) is 161 Å². The van der Waals surface area contributed by atoms with E-state index in [1.54, 1.807) is 0 Å². The fourth-order valence-electron chi connectivity index (χ4n) is 6.35. The molecule has 0 aliphatic heterocycles. The van der Waals surface area contributed by atoms with Crippen molar-refractivity contribution in [1.82, 2.24) is 5.32 Å². The van der Waals surface area contributed by atoms with Crippen LogP contribution in [0.2, 0.25) is 0 Å². The number of aliphatic hydroxyl groups is 3. The summed E-state index contributed by atoms with van der Waals surface area (Å²) in [7, 11) is 0. The summed E-state index contributed by atoms with van der Waals surface area (Å²) in [5.41, 5.74) is 0. The van der Waals surface area contributed by atoms with Gasteiger partial charge in [-0.25, -0.2) is 0 Å². The molecule has 4 N–H and O–H groups in total. The Labute approximate surface area is 275 Å². The molecular weight excluding hydrogens is 546 g/mol. The van der Waals surface area contributed by atoms with Crippen molar-refractivity contribution in [1.29, 1.82) is 0 Å². The minimum atomic E-state index is -0.742. The lowest BCUT2D eigenvalue weighted by molar-refractivity contribution is -0.125. The van der Waals surface area contributed by atoms with Crippen LogP contribution in [0.3, 0.4) is 0 Å². The third-order valence-electron chi connectivity index (χ3n) is 9.42. The van der Waals surface area contributed by atoms with Gasteiger partial charge in [0.2, 0.25) is 5.91 Å². The smallest absolute Gasteiger partial charge is 0.222 e. The van der Waals surface area contributed by atoms with E-state index in [-0.39, 0.29) is 18.9 Å². The molecule has 5 heteroatoms. The number of nitrogens with one attached hydrogen (secondary N) is 1. The number of hydrogen-bond donors (Lipinski definition) is 4. The number of rotatable bonds is 36. The minimum absolute atomic E-state index is 0.0420. The second kappa shape index (κ2) is 35.2. The first kappa shape index (κ1) is 43.4. The van der Waals surface area contributed by atoms with Gasteiger partial charge in [0.25, 0.3) is 0 Å². The highest BCUT2D eigenvalue weighted by molar-refractivity contribution is 5.76. The molecule has 0 aromatic carbocycles. The standard InChI is InChI=1S/C39H79NO4/c1-3-5-7-9-11-13-15-17-18-19-20-21-23-25-27-29-31-33-38(43)37(35-41)40-39(44)34-36(42)32-30-28-26-24-22-16-14-12-10-8-6-4-2/h36-38,41-43H,3-35H2,1-2H3,(H,40,44). The molecule has 1 amide bonds.